The van der Waals surface area contributed by atoms with Crippen LogP contribution in [0.5, 0.6) is 0 Å². The molecule has 0 fully saturated rings. The van der Waals surface area contributed by atoms with E-state index >= 15 is 0 Å². The van der Waals surface area contributed by atoms with Crippen molar-refractivity contribution in [2.75, 3.05) is 0 Å². The van der Waals surface area contributed by atoms with Gasteiger partial charge in [0.2, 0.25) is 0 Å². The Labute approximate surface area is 330 Å². The number of aromatic nitrogens is 5. The number of fused-ring (bicyclic) bond motifs is 8. The summed E-state index contributed by atoms with van der Waals surface area (Å²) in [6.45, 7) is 0. The van der Waals surface area contributed by atoms with Gasteiger partial charge in [0, 0.05) is 61.4 Å². The molecule has 0 saturated heterocycles. The lowest BCUT2D eigenvalue weighted by molar-refractivity contribution is 0.670. The summed E-state index contributed by atoms with van der Waals surface area (Å²) in [4.78, 5) is 25.1. The molecule has 12 aromatic rings. The number of furan rings is 2. The van der Waals surface area contributed by atoms with Crippen LogP contribution < -0.4 is 0 Å². The van der Waals surface area contributed by atoms with Crippen molar-refractivity contribution in [1.29, 1.82) is 0 Å². The molecule has 0 aliphatic heterocycles. The van der Waals surface area contributed by atoms with E-state index in [-0.39, 0.29) is 0 Å². The van der Waals surface area contributed by atoms with Crippen LogP contribution in [0, 0.1) is 0 Å². The Hall–Kier alpha value is -8.03. The fourth-order valence-electron chi connectivity index (χ4n) is 8.16. The largest absolute Gasteiger partial charge is 0.455 e. The van der Waals surface area contributed by atoms with E-state index in [1.54, 1.807) is 0 Å². The standard InChI is InChI=1S/C51H29N5O2/c1-3-13-32-28-52-43(26-30(32)11-1)50-54-49(55-51(56-50)44-27-31-12-2-4-14-33(31)29-53-44)36-24-34(37-17-9-19-41-39-15-5-7-21-45(39)57-47(37)41)23-35(25-36)38-18-10-20-42-40-16-6-8-22-46(40)58-48(38)42/h1-29H. The summed E-state index contributed by atoms with van der Waals surface area (Å²) in [5.74, 6) is 1.39. The van der Waals surface area contributed by atoms with Crippen LogP contribution >= 0.6 is 0 Å². The third-order valence-electron chi connectivity index (χ3n) is 11.0. The van der Waals surface area contributed by atoms with E-state index in [9.17, 15) is 0 Å². The number of benzene rings is 7. The smallest absolute Gasteiger partial charge is 0.182 e. The fourth-order valence-corrected chi connectivity index (χ4v) is 8.16. The van der Waals surface area contributed by atoms with Crippen molar-refractivity contribution < 1.29 is 8.83 Å². The third kappa shape index (κ3) is 5.25. The normalized spacial score (nSPS) is 11.8. The zero-order chi connectivity index (χ0) is 38.2. The maximum absolute atomic E-state index is 6.59. The van der Waals surface area contributed by atoms with Gasteiger partial charge < -0.3 is 8.83 Å². The molecule has 270 valence electrons. The third-order valence-corrected chi connectivity index (χ3v) is 11.0. The Balaban J connectivity index is 1.13. The summed E-state index contributed by atoms with van der Waals surface area (Å²) in [5.41, 5.74) is 9.17. The summed E-state index contributed by atoms with van der Waals surface area (Å²) >= 11 is 0. The molecule has 0 N–H and O–H groups in total. The van der Waals surface area contributed by atoms with Crippen molar-refractivity contribution >= 4 is 65.4 Å². The molecule has 0 amide bonds. The first-order valence-electron chi connectivity index (χ1n) is 19.1. The lowest BCUT2D eigenvalue weighted by atomic mass is 9.94. The van der Waals surface area contributed by atoms with Crippen molar-refractivity contribution in [3.8, 4) is 56.7 Å². The lowest BCUT2D eigenvalue weighted by Gasteiger charge is -2.13. The zero-order valence-electron chi connectivity index (χ0n) is 30.8. The second-order valence-corrected chi connectivity index (χ2v) is 14.5. The summed E-state index contributed by atoms with van der Waals surface area (Å²) in [6, 6.07) is 55.8. The van der Waals surface area contributed by atoms with Crippen LogP contribution in [-0.2, 0) is 0 Å². The van der Waals surface area contributed by atoms with Crippen molar-refractivity contribution in [3.63, 3.8) is 0 Å². The summed E-state index contributed by atoms with van der Waals surface area (Å²) < 4.78 is 13.2. The number of hydrogen-bond donors (Lipinski definition) is 0. The van der Waals surface area contributed by atoms with Crippen LogP contribution in [0.1, 0.15) is 0 Å². The molecule has 7 nitrogen and oxygen atoms in total. The Morgan fingerprint density at radius 3 is 1.26 bits per heavy atom. The highest BCUT2D eigenvalue weighted by Crippen LogP contribution is 2.42. The highest BCUT2D eigenvalue weighted by Gasteiger charge is 2.20. The van der Waals surface area contributed by atoms with Crippen LogP contribution in [0.3, 0.4) is 0 Å². The minimum atomic E-state index is 0.450. The molecular formula is C51H29N5O2. The van der Waals surface area contributed by atoms with Crippen LogP contribution in [0.15, 0.2) is 185 Å². The molecule has 7 heteroatoms. The second-order valence-electron chi connectivity index (χ2n) is 14.5. The van der Waals surface area contributed by atoms with Gasteiger partial charge in [-0.2, -0.15) is 0 Å². The van der Waals surface area contributed by atoms with Gasteiger partial charge in [-0.15, -0.1) is 0 Å². The highest BCUT2D eigenvalue weighted by atomic mass is 16.3. The number of hydrogen-bond acceptors (Lipinski definition) is 7. The van der Waals surface area contributed by atoms with Crippen molar-refractivity contribution in [2.24, 2.45) is 0 Å². The van der Waals surface area contributed by atoms with Gasteiger partial charge in [0.05, 0.1) is 0 Å². The molecule has 0 atom stereocenters. The van der Waals surface area contributed by atoms with Crippen LogP contribution in [0.25, 0.3) is 122 Å². The highest BCUT2D eigenvalue weighted by molar-refractivity contribution is 6.11. The average molecular weight is 744 g/mol. The fraction of sp³-hybridized carbons (Fsp3) is 0. The molecule has 0 aliphatic carbocycles. The monoisotopic (exact) mass is 743 g/mol. The Bertz CT molecular complexity index is 3380. The minimum Gasteiger partial charge on any atom is -0.455 e. The van der Waals surface area contributed by atoms with Crippen LogP contribution in [-0.4, -0.2) is 24.9 Å². The number of para-hydroxylation sites is 4. The molecule has 0 unspecified atom stereocenters. The van der Waals surface area contributed by atoms with E-state index in [0.717, 1.165) is 93.2 Å². The summed E-state index contributed by atoms with van der Waals surface area (Å²) in [7, 11) is 0. The van der Waals surface area contributed by atoms with Gasteiger partial charge in [-0.25, -0.2) is 15.0 Å². The van der Waals surface area contributed by atoms with E-state index in [4.69, 9.17) is 33.8 Å². The Morgan fingerprint density at radius 2 is 0.741 bits per heavy atom. The Morgan fingerprint density at radius 1 is 0.328 bits per heavy atom. The van der Waals surface area contributed by atoms with Crippen molar-refractivity contribution in [1.82, 2.24) is 24.9 Å². The second kappa shape index (κ2) is 12.8. The SMILES string of the molecule is c1ccc2cc(-c3nc(-c4cc(-c5cccc6c5oc5ccccc56)cc(-c5cccc6c5oc5ccccc56)c4)nc(-c4cc5ccccc5cn4)n3)ncc2c1. The number of nitrogens with zero attached hydrogens (tertiary/aromatic N) is 5. The summed E-state index contributed by atoms with van der Waals surface area (Å²) in [6.07, 6.45) is 3.73. The molecule has 5 aromatic heterocycles. The van der Waals surface area contributed by atoms with E-state index < -0.39 is 0 Å². The van der Waals surface area contributed by atoms with Crippen molar-refractivity contribution in [3.05, 3.63) is 176 Å². The molecule has 0 saturated carbocycles. The van der Waals surface area contributed by atoms with Gasteiger partial charge in [-0.3, -0.25) is 9.97 Å². The zero-order valence-corrected chi connectivity index (χ0v) is 30.8. The molecule has 12 rings (SSSR count). The van der Waals surface area contributed by atoms with E-state index in [1.165, 1.54) is 0 Å². The average Bonchev–Trinajstić information content (AvgIpc) is 3.87. The van der Waals surface area contributed by atoms with Crippen LogP contribution in [0.2, 0.25) is 0 Å². The maximum atomic E-state index is 6.59. The van der Waals surface area contributed by atoms with Gasteiger partial charge in [-0.1, -0.05) is 121 Å². The van der Waals surface area contributed by atoms with Gasteiger partial charge in [0.25, 0.3) is 0 Å². The first-order chi connectivity index (χ1) is 28.7. The van der Waals surface area contributed by atoms with Gasteiger partial charge in [-0.05, 0) is 64.4 Å². The quantitative estimate of drug-likeness (QED) is 0.173. The molecule has 0 aliphatic rings. The topological polar surface area (TPSA) is 90.7 Å². The Kier molecular flexibility index (Phi) is 7.09. The van der Waals surface area contributed by atoms with Gasteiger partial charge >= 0.3 is 0 Å². The van der Waals surface area contributed by atoms with Gasteiger partial charge in [0.1, 0.15) is 33.7 Å². The molecule has 0 bridgehead atoms. The molecule has 5 heterocycles. The maximum Gasteiger partial charge on any atom is 0.182 e. The lowest BCUT2D eigenvalue weighted by Crippen LogP contribution is -2.02. The molecule has 0 spiro atoms. The molecule has 0 radical (unpaired) electrons. The summed E-state index contributed by atoms with van der Waals surface area (Å²) in [5, 5.41) is 8.40. The minimum absolute atomic E-state index is 0.450. The predicted molar refractivity (Wildman–Crippen MR) is 232 cm³/mol. The first-order valence-corrected chi connectivity index (χ1v) is 19.1. The van der Waals surface area contributed by atoms with E-state index in [0.29, 0.717) is 28.9 Å². The number of pyridine rings is 2. The van der Waals surface area contributed by atoms with Gasteiger partial charge in [0.15, 0.2) is 17.5 Å². The van der Waals surface area contributed by atoms with E-state index in [1.807, 2.05) is 97.3 Å². The molecule has 7 aromatic carbocycles. The van der Waals surface area contributed by atoms with Crippen molar-refractivity contribution in [2.45, 2.75) is 0 Å². The molecule has 58 heavy (non-hydrogen) atoms. The van der Waals surface area contributed by atoms with E-state index in [2.05, 4.69) is 78.9 Å². The first kappa shape index (κ1) is 32.2. The predicted octanol–water partition coefficient (Wildman–Crippen LogP) is 13.1. The van der Waals surface area contributed by atoms with Crippen LogP contribution in [0.4, 0.5) is 0 Å². The number of rotatable bonds is 5. The molecular weight excluding hydrogens is 715 g/mol.